The summed E-state index contributed by atoms with van der Waals surface area (Å²) in [4.78, 5) is 33.2. The van der Waals surface area contributed by atoms with Crippen molar-refractivity contribution < 1.29 is 19.5 Å². The quantitative estimate of drug-likeness (QED) is 0.473. The summed E-state index contributed by atoms with van der Waals surface area (Å²) in [5.74, 6) is -1.71. The monoisotopic (exact) mass is 257 g/mol. The van der Waals surface area contributed by atoms with Crippen molar-refractivity contribution in [2.75, 3.05) is 6.54 Å². The molecule has 0 rings (SSSR count). The third-order valence-electron chi connectivity index (χ3n) is 2.36. The third kappa shape index (κ3) is 5.33. The molecule has 0 radical (unpaired) electrons. The van der Waals surface area contributed by atoms with E-state index in [2.05, 4.69) is 17.2 Å². The van der Waals surface area contributed by atoms with Gasteiger partial charge in [0.1, 0.15) is 6.04 Å². The van der Waals surface area contributed by atoms with Gasteiger partial charge >= 0.3 is 12.0 Å². The molecule has 0 fully saturated rings. The topological polar surface area (TPSA) is 122 Å². The lowest BCUT2D eigenvalue weighted by Crippen LogP contribution is -2.49. The Morgan fingerprint density at radius 2 is 2.00 bits per heavy atom. The van der Waals surface area contributed by atoms with Crippen LogP contribution in [0.15, 0.2) is 12.7 Å². The van der Waals surface area contributed by atoms with Gasteiger partial charge < -0.3 is 21.5 Å². The largest absolute Gasteiger partial charge is 0.480 e. The van der Waals surface area contributed by atoms with Gasteiger partial charge in [-0.3, -0.25) is 4.79 Å². The molecule has 7 heteroatoms. The second-order valence-corrected chi connectivity index (χ2v) is 4.49. The number of aliphatic carboxylic acids is 1. The molecule has 0 aromatic heterocycles. The Bertz CT molecular complexity index is 352. The smallest absolute Gasteiger partial charge is 0.326 e. The van der Waals surface area contributed by atoms with Crippen LogP contribution in [0, 0.1) is 5.41 Å². The van der Waals surface area contributed by atoms with Crippen LogP contribution in [-0.2, 0) is 9.59 Å². The summed E-state index contributed by atoms with van der Waals surface area (Å²) in [7, 11) is 0. The molecule has 102 valence electrons. The van der Waals surface area contributed by atoms with Crippen LogP contribution in [-0.4, -0.2) is 35.6 Å². The summed E-state index contributed by atoms with van der Waals surface area (Å²) in [6.07, 6.45) is 1.51. The van der Waals surface area contributed by atoms with E-state index >= 15 is 0 Å². The van der Waals surface area contributed by atoms with Gasteiger partial charge in [-0.1, -0.05) is 6.08 Å². The Hall–Kier alpha value is -2.05. The summed E-state index contributed by atoms with van der Waals surface area (Å²) in [6, 6.07) is -1.71. The van der Waals surface area contributed by atoms with Gasteiger partial charge in [-0.2, -0.15) is 0 Å². The van der Waals surface area contributed by atoms with E-state index in [1.165, 1.54) is 6.08 Å². The first-order valence-electron chi connectivity index (χ1n) is 5.38. The zero-order valence-electron chi connectivity index (χ0n) is 10.5. The average Bonchev–Trinajstić information content (AvgIpc) is 2.25. The number of primary amides is 1. The Labute approximate surface area is 105 Å². The zero-order chi connectivity index (χ0) is 14.3. The van der Waals surface area contributed by atoms with E-state index in [4.69, 9.17) is 10.8 Å². The normalized spacial score (nSPS) is 12.3. The lowest BCUT2D eigenvalue weighted by molar-refractivity contribution is -0.139. The van der Waals surface area contributed by atoms with Crippen molar-refractivity contribution in [1.29, 1.82) is 0 Å². The number of carboxylic acid groups (broad SMARTS) is 1. The van der Waals surface area contributed by atoms with Crippen LogP contribution in [0.25, 0.3) is 0 Å². The molecule has 0 saturated carbocycles. The summed E-state index contributed by atoms with van der Waals surface area (Å²) in [6.45, 7) is 6.58. The molecule has 5 N–H and O–H groups in total. The standard InChI is InChI=1S/C11H19N3O4/c1-4-5-7(8(15)16)14-10(18)13-6-11(2,3)9(12)17/h4,7H,1,5-6H2,2-3H3,(H2,12,17)(H,15,16)(H2,13,14,18). The number of hydrogen-bond acceptors (Lipinski definition) is 3. The first-order valence-corrected chi connectivity index (χ1v) is 5.38. The van der Waals surface area contributed by atoms with E-state index in [9.17, 15) is 14.4 Å². The van der Waals surface area contributed by atoms with Gasteiger partial charge in [0.2, 0.25) is 5.91 Å². The molecule has 0 heterocycles. The van der Waals surface area contributed by atoms with Crippen LogP contribution >= 0.6 is 0 Å². The molecule has 0 aliphatic heterocycles. The summed E-state index contributed by atoms with van der Waals surface area (Å²) >= 11 is 0. The highest BCUT2D eigenvalue weighted by atomic mass is 16.4. The van der Waals surface area contributed by atoms with Gasteiger partial charge in [0.25, 0.3) is 0 Å². The maximum absolute atomic E-state index is 11.4. The van der Waals surface area contributed by atoms with Crippen molar-refractivity contribution >= 4 is 17.9 Å². The maximum Gasteiger partial charge on any atom is 0.326 e. The summed E-state index contributed by atoms with van der Waals surface area (Å²) in [5.41, 5.74) is 4.24. The lowest BCUT2D eigenvalue weighted by Gasteiger charge is -2.21. The van der Waals surface area contributed by atoms with Crippen LogP contribution in [0.5, 0.6) is 0 Å². The second-order valence-electron chi connectivity index (χ2n) is 4.49. The predicted octanol–water partition coefficient (Wildman–Crippen LogP) is -0.174. The summed E-state index contributed by atoms with van der Waals surface area (Å²) in [5, 5.41) is 13.5. The number of nitrogens with one attached hydrogen (secondary N) is 2. The predicted molar refractivity (Wildman–Crippen MR) is 65.7 cm³/mol. The third-order valence-corrected chi connectivity index (χ3v) is 2.36. The van der Waals surface area contributed by atoms with Crippen LogP contribution in [0.1, 0.15) is 20.3 Å². The van der Waals surface area contributed by atoms with Gasteiger partial charge in [0, 0.05) is 6.54 Å². The molecule has 0 aliphatic carbocycles. The number of carboxylic acids is 1. The van der Waals surface area contributed by atoms with Crippen molar-refractivity contribution in [2.45, 2.75) is 26.3 Å². The molecule has 18 heavy (non-hydrogen) atoms. The van der Waals surface area contributed by atoms with Crippen LogP contribution < -0.4 is 16.4 Å². The molecular formula is C11H19N3O4. The number of hydrogen-bond donors (Lipinski definition) is 4. The summed E-state index contributed by atoms with van der Waals surface area (Å²) < 4.78 is 0. The second kappa shape index (κ2) is 6.63. The molecule has 0 aromatic carbocycles. The van der Waals surface area contributed by atoms with Crippen molar-refractivity contribution in [3.8, 4) is 0 Å². The molecule has 0 saturated heterocycles. The zero-order valence-corrected chi connectivity index (χ0v) is 10.5. The van der Waals surface area contributed by atoms with Gasteiger partial charge in [-0.05, 0) is 20.3 Å². The van der Waals surface area contributed by atoms with E-state index in [0.29, 0.717) is 0 Å². The number of nitrogens with two attached hydrogens (primary N) is 1. The molecule has 1 unspecified atom stereocenters. The van der Waals surface area contributed by atoms with Crippen LogP contribution in [0.2, 0.25) is 0 Å². The first-order chi connectivity index (χ1) is 8.20. The van der Waals surface area contributed by atoms with Crippen molar-refractivity contribution in [3.63, 3.8) is 0 Å². The van der Waals surface area contributed by atoms with Gasteiger partial charge in [-0.25, -0.2) is 9.59 Å². The molecule has 0 aromatic rings. The fraction of sp³-hybridized carbons (Fsp3) is 0.545. The Morgan fingerprint density at radius 3 is 2.39 bits per heavy atom. The first kappa shape index (κ1) is 16.0. The molecule has 0 bridgehead atoms. The van der Waals surface area contributed by atoms with E-state index < -0.39 is 29.4 Å². The van der Waals surface area contributed by atoms with Crippen molar-refractivity contribution in [1.82, 2.24) is 10.6 Å². The number of urea groups is 1. The van der Waals surface area contributed by atoms with E-state index in [1.807, 2.05) is 0 Å². The fourth-order valence-corrected chi connectivity index (χ4v) is 0.986. The lowest BCUT2D eigenvalue weighted by atomic mass is 9.93. The highest BCUT2D eigenvalue weighted by Gasteiger charge is 2.26. The highest BCUT2D eigenvalue weighted by Crippen LogP contribution is 2.11. The van der Waals surface area contributed by atoms with Gasteiger partial charge in [0.15, 0.2) is 0 Å². The number of carbonyl (C=O) groups excluding carboxylic acids is 2. The Morgan fingerprint density at radius 1 is 1.44 bits per heavy atom. The number of rotatable bonds is 7. The SMILES string of the molecule is C=CCC(NC(=O)NCC(C)(C)C(N)=O)C(=O)O. The number of carbonyl (C=O) groups is 3. The van der Waals surface area contributed by atoms with Crippen LogP contribution in [0.3, 0.4) is 0 Å². The molecule has 1 atom stereocenters. The molecule has 0 aliphatic rings. The molecule has 3 amide bonds. The molecule has 7 nitrogen and oxygen atoms in total. The minimum atomic E-state index is -1.15. The average molecular weight is 257 g/mol. The minimum absolute atomic E-state index is 0.0224. The van der Waals surface area contributed by atoms with Crippen LogP contribution in [0.4, 0.5) is 4.79 Å². The molecular weight excluding hydrogens is 238 g/mol. The molecule has 0 spiro atoms. The van der Waals surface area contributed by atoms with E-state index in [-0.39, 0.29) is 13.0 Å². The van der Waals surface area contributed by atoms with E-state index in [1.54, 1.807) is 13.8 Å². The van der Waals surface area contributed by atoms with E-state index in [0.717, 1.165) is 0 Å². The maximum atomic E-state index is 11.4. The van der Waals surface area contributed by atoms with Crippen molar-refractivity contribution in [2.24, 2.45) is 11.1 Å². The minimum Gasteiger partial charge on any atom is -0.480 e. The van der Waals surface area contributed by atoms with Crippen molar-refractivity contribution in [3.05, 3.63) is 12.7 Å². The van der Waals surface area contributed by atoms with Gasteiger partial charge in [0.05, 0.1) is 5.41 Å². The Balaban J connectivity index is 4.30. The Kier molecular flexibility index (Phi) is 5.87. The number of amides is 3. The fourth-order valence-electron chi connectivity index (χ4n) is 0.986. The van der Waals surface area contributed by atoms with Gasteiger partial charge in [-0.15, -0.1) is 6.58 Å². The highest BCUT2D eigenvalue weighted by molar-refractivity contribution is 5.84.